The minimum atomic E-state index is -3.10. The van der Waals surface area contributed by atoms with Gasteiger partial charge in [-0.25, -0.2) is 13.2 Å². The standard InChI is InChI=1S/C20H27NO5S/c1-4-16(3)21(18-11-12-27(24,25)14-18)19(22)13-26-20(23)10-9-17-7-5-15(2)6-8-17/h5-10,16,18H,4,11-14H2,1-3H3/b10-9+/t16-,18+/m0/s1. The summed E-state index contributed by atoms with van der Waals surface area (Å²) >= 11 is 0. The van der Waals surface area contributed by atoms with Crippen molar-refractivity contribution in [2.45, 2.75) is 45.7 Å². The van der Waals surface area contributed by atoms with Crippen LogP contribution in [0.4, 0.5) is 0 Å². The Labute approximate surface area is 161 Å². The number of rotatable bonds is 7. The van der Waals surface area contributed by atoms with Gasteiger partial charge in [-0.05, 0) is 38.3 Å². The van der Waals surface area contributed by atoms with Crippen LogP contribution < -0.4 is 0 Å². The molecular formula is C20H27NO5S. The number of nitrogens with zero attached hydrogens (tertiary/aromatic N) is 1. The zero-order chi connectivity index (χ0) is 20.0. The van der Waals surface area contributed by atoms with Crippen LogP contribution in [0.15, 0.2) is 30.3 Å². The number of hydrogen-bond acceptors (Lipinski definition) is 5. The average molecular weight is 394 g/mol. The van der Waals surface area contributed by atoms with E-state index in [1.165, 1.54) is 6.08 Å². The maximum atomic E-state index is 12.6. The molecule has 1 saturated heterocycles. The van der Waals surface area contributed by atoms with Crippen molar-refractivity contribution in [2.24, 2.45) is 0 Å². The number of hydrogen-bond donors (Lipinski definition) is 0. The number of carbonyl (C=O) groups is 2. The third-order valence-corrected chi connectivity index (χ3v) is 6.53. The maximum Gasteiger partial charge on any atom is 0.331 e. The molecule has 1 aromatic rings. The Balaban J connectivity index is 1.94. The molecule has 1 fully saturated rings. The van der Waals surface area contributed by atoms with E-state index in [1.807, 2.05) is 45.0 Å². The van der Waals surface area contributed by atoms with E-state index < -0.39 is 22.4 Å². The van der Waals surface area contributed by atoms with Crippen LogP contribution in [0.25, 0.3) is 6.08 Å². The van der Waals surface area contributed by atoms with Crippen LogP contribution in [0.3, 0.4) is 0 Å². The molecule has 2 atom stereocenters. The SMILES string of the molecule is CC[C@H](C)N(C(=O)COC(=O)/C=C/c1ccc(C)cc1)[C@@H]1CCS(=O)(=O)C1. The number of aryl methyl sites for hydroxylation is 1. The van der Waals surface area contributed by atoms with Crippen LogP contribution in [0.5, 0.6) is 0 Å². The van der Waals surface area contributed by atoms with Gasteiger partial charge in [-0.15, -0.1) is 0 Å². The summed E-state index contributed by atoms with van der Waals surface area (Å²) in [5, 5.41) is 0. The van der Waals surface area contributed by atoms with E-state index >= 15 is 0 Å². The first-order valence-corrected chi connectivity index (χ1v) is 11.0. The molecule has 0 aliphatic carbocycles. The van der Waals surface area contributed by atoms with Gasteiger partial charge >= 0.3 is 5.97 Å². The van der Waals surface area contributed by atoms with Crippen LogP contribution in [-0.2, 0) is 24.2 Å². The molecule has 0 saturated carbocycles. The molecule has 0 radical (unpaired) electrons. The summed E-state index contributed by atoms with van der Waals surface area (Å²) in [6.07, 6.45) is 4.04. The fraction of sp³-hybridized carbons (Fsp3) is 0.500. The molecule has 1 aliphatic heterocycles. The molecule has 6 nitrogen and oxygen atoms in total. The lowest BCUT2D eigenvalue weighted by Crippen LogP contribution is -2.48. The number of carbonyl (C=O) groups excluding carboxylic acids is 2. The van der Waals surface area contributed by atoms with E-state index in [0.717, 1.165) is 11.1 Å². The van der Waals surface area contributed by atoms with Crippen LogP contribution in [0, 0.1) is 6.92 Å². The van der Waals surface area contributed by atoms with Crippen molar-refractivity contribution >= 4 is 27.8 Å². The Morgan fingerprint density at radius 2 is 1.96 bits per heavy atom. The van der Waals surface area contributed by atoms with Crippen molar-refractivity contribution in [3.8, 4) is 0 Å². The summed E-state index contributed by atoms with van der Waals surface area (Å²) in [5.41, 5.74) is 1.99. The molecular weight excluding hydrogens is 366 g/mol. The normalized spacial score (nSPS) is 19.7. The Morgan fingerprint density at radius 3 is 2.52 bits per heavy atom. The van der Waals surface area contributed by atoms with Crippen LogP contribution in [0.2, 0.25) is 0 Å². The molecule has 0 spiro atoms. The summed E-state index contributed by atoms with van der Waals surface area (Å²) in [5.74, 6) is -0.892. The molecule has 7 heteroatoms. The topological polar surface area (TPSA) is 80.8 Å². The van der Waals surface area contributed by atoms with Crippen molar-refractivity contribution in [1.82, 2.24) is 4.90 Å². The van der Waals surface area contributed by atoms with E-state index in [1.54, 1.807) is 11.0 Å². The summed E-state index contributed by atoms with van der Waals surface area (Å²) < 4.78 is 28.6. The number of esters is 1. The maximum absolute atomic E-state index is 12.6. The zero-order valence-corrected chi connectivity index (χ0v) is 16.9. The predicted molar refractivity (Wildman–Crippen MR) is 105 cm³/mol. The second-order valence-electron chi connectivity index (χ2n) is 6.97. The van der Waals surface area contributed by atoms with Gasteiger partial charge in [0.05, 0.1) is 11.5 Å². The molecule has 2 rings (SSSR count). The molecule has 1 aliphatic rings. The number of amides is 1. The fourth-order valence-corrected chi connectivity index (χ4v) is 4.81. The predicted octanol–water partition coefficient (Wildman–Crippen LogP) is 2.37. The Morgan fingerprint density at radius 1 is 1.30 bits per heavy atom. The van der Waals surface area contributed by atoms with Crippen molar-refractivity contribution in [2.75, 3.05) is 18.1 Å². The van der Waals surface area contributed by atoms with E-state index in [2.05, 4.69) is 0 Å². The van der Waals surface area contributed by atoms with Crippen LogP contribution in [-0.4, -0.2) is 55.4 Å². The first-order valence-electron chi connectivity index (χ1n) is 9.15. The Bertz CT molecular complexity index is 798. The van der Waals surface area contributed by atoms with Gasteiger partial charge in [0.1, 0.15) is 0 Å². The number of sulfone groups is 1. The van der Waals surface area contributed by atoms with Crippen molar-refractivity contribution in [1.29, 1.82) is 0 Å². The van der Waals surface area contributed by atoms with E-state index in [-0.39, 0.29) is 29.5 Å². The number of ether oxygens (including phenoxy) is 1. The third kappa shape index (κ3) is 6.20. The molecule has 0 unspecified atom stereocenters. The van der Waals surface area contributed by atoms with Gasteiger partial charge in [0.2, 0.25) is 0 Å². The lowest BCUT2D eigenvalue weighted by Gasteiger charge is -2.33. The van der Waals surface area contributed by atoms with Gasteiger partial charge in [-0.2, -0.15) is 0 Å². The van der Waals surface area contributed by atoms with E-state index in [4.69, 9.17) is 4.74 Å². The quantitative estimate of drug-likeness (QED) is 0.525. The average Bonchev–Trinajstić information content (AvgIpc) is 2.98. The largest absolute Gasteiger partial charge is 0.452 e. The minimum Gasteiger partial charge on any atom is -0.452 e. The van der Waals surface area contributed by atoms with Crippen LogP contribution in [0.1, 0.15) is 37.8 Å². The first-order chi connectivity index (χ1) is 12.7. The molecule has 0 aromatic heterocycles. The lowest BCUT2D eigenvalue weighted by atomic mass is 10.1. The molecule has 27 heavy (non-hydrogen) atoms. The monoisotopic (exact) mass is 393 g/mol. The van der Waals surface area contributed by atoms with E-state index in [0.29, 0.717) is 12.8 Å². The highest BCUT2D eigenvalue weighted by atomic mass is 32.2. The van der Waals surface area contributed by atoms with Crippen LogP contribution >= 0.6 is 0 Å². The second kappa shape index (κ2) is 9.17. The summed E-state index contributed by atoms with van der Waals surface area (Å²) in [4.78, 5) is 26.1. The number of benzene rings is 1. The molecule has 0 N–H and O–H groups in total. The highest BCUT2D eigenvalue weighted by Gasteiger charge is 2.36. The van der Waals surface area contributed by atoms with Crippen molar-refractivity contribution in [3.05, 3.63) is 41.5 Å². The lowest BCUT2D eigenvalue weighted by molar-refractivity contribution is -0.150. The van der Waals surface area contributed by atoms with Gasteiger partial charge < -0.3 is 9.64 Å². The second-order valence-corrected chi connectivity index (χ2v) is 9.20. The van der Waals surface area contributed by atoms with Crippen molar-refractivity contribution < 1.29 is 22.7 Å². The minimum absolute atomic E-state index is 0.0235. The zero-order valence-electron chi connectivity index (χ0n) is 16.1. The Hall–Kier alpha value is -2.15. The first kappa shape index (κ1) is 21.2. The molecule has 1 heterocycles. The third-order valence-electron chi connectivity index (χ3n) is 4.78. The van der Waals surface area contributed by atoms with Gasteiger partial charge in [0, 0.05) is 18.2 Å². The molecule has 1 aromatic carbocycles. The highest BCUT2D eigenvalue weighted by Crippen LogP contribution is 2.21. The van der Waals surface area contributed by atoms with Gasteiger partial charge in [-0.3, -0.25) is 4.79 Å². The molecule has 148 valence electrons. The summed E-state index contributed by atoms with van der Waals surface area (Å²) in [6, 6.07) is 7.18. The van der Waals surface area contributed by atoms with Gasteiger partial charge in [-0.1, -0.05) is 36.8 Å². The molecule has 1 amide bonds. The van der Waals surface area contributed by atoms with Gasteiger partial charge in [0.25, 0.3) is 5.91 Å². The van der Waals surface area contributed by atoms with E-state index in [9.17, 15) is 18.0 Å². The smallest absolute Gasteiger partial charge is 0.331 e. The molecule has 0 bridgehead atoms. The Kier molecular flexibility index (Phi) is 7.18. The fourth-order valence-electron chi connectivity index (χ4n) is 3.10. The summed E-state index contributed by atoms with van der Waals surface area (Å²) in [7, 11) is -3.10. The van der Waals surface area contributed by atoms with Gasteiger partial charge in [0.15, 0.2) is 16.4 Å². The summed E-state index contributed by atoms with van der Waals surface area (Å²) in [6.45, 7) is 5.40. The highest BCUT2D eigenvalue weighted by molar-refractivity contribution is 7.91. The van der Waals surface area contributed by atoms with Crippen molar-refractivity contribution in [3.63, 3.8) is 0 Å².